The van der Waals surface area contributed by atoms with Gasteiger partial charge in [0.1, 0.15) is 10.2 Å². The zero-order chi connectivity index (χ0) is 13.1. The number of aromatic amines is 1. The van der Waals surface area contributed by atoms with E-state index < -0.39 is 0 Å². The normalized spacial score (nSPS) is 11.4. The minimum Gasteiger partial charge on any atom is -0.341 e. The summed E-state index contributed by atoms with van der Waals surface area (Å²) in [6.07, 6.45) is 1.79. The fourth-order valence-electron chi connectivity index (χ4n) is 1.59. The number of nitrogens with zero attached hydrogens (tertiary/aromatic N) is 1. The van der Waals surface area contributed by atoms with Crippen LogP contribution in [0.3, 0.4) is 0 Å². The molecule has 0 unspecified atom stereocenters. The molecule has 2 aromatic heterocycles. The van der Waals surface area contributed by atoms with E-state index in [-0.39, 0.29) is 0 Å². The van der Waals surface area contributed by atoms with Crippen LogP contribution in [-0.2, 0) is 6.54 Å². The molecule has 0 radical (unpaired) electrons. The van der Waals surface area contributed by atoms with Crippen molar-refractivity contribution in [1.29, 1.82) is 0 Å². The van der Waals surface area contributed by atoms with Crippen molar-refractivity contribution in [3.8, 4) is 11.3 Å². The van der Waals surface area contributed by atoms with Crippen LogP contribution in [0.2, 0.25) is 8.67 Å². The first-order chi connectivity index (χ1) is 8.56. The average molecular weight is 304 g/mol. The van der Waals surface area contributed by atoms with Crippen LogP contribution in [0, 0.1) is 5.92 Å². The van der Waals surface area contributed by atoms with Crippen molar-refractivity contribution in [3.05, 3.63) is 26.8 Å². The Bertz CT molecular complexity index is 519. The average Bonchev–Trinajstić information content (AvgIpc) is 2.85. The van der Waals surface area contributed by atoms with E-state index in [0.717, 1.165) is 30.2 Å². The lowest BCUT2D eigenvalue weighted by Gasteiger charge is -2.04. The van der Waals surface area contributed by atoms with Crippen molar-refractivity contribution in [2.45, 2.75) is 20.4 Å². The van der Waals surface area contributed by atoms with Crippen LogP contribution >= 0.6 is 34.5 Å². The molecule has 0 saturated carbocycles. The Morgan fingerprint density at radius 3 is 2.83 bits per heavy atom. The maximum atomic E-state index is 6.11. The van der Waals surface area contributed by atoms with E-state index in [1.165, 1.54) is 11.3 Å². The van der Waals surface area contributed by atoms with Gasteiger partial charge in [0.25, 0.3) is 0 Å². The van der Waals surface area contributed by atoms with E-state index >= 15 is 0 Å². The standard InChI is InChI=1S/C12H15Cl2N3S/c1-7(2)4-15-6-11-16-5-9(17-11)8-3-10(13)18-12(8)14/h3,5,7,15H,4,6H2,1-2H3,(H,16,17). The molecule has 0 atom stereocenters. The number of imidazole rings is 1. The van der Waals surface area contributed by atoms with E-state index in [9.17, 15) is 0 Å². The summed E-state index contributed by atoms with van der Waals surface area (Å²) in [4.78, 5) is 7.57. The Kier molecular flexibility index (Phi) is 4.67. The van der Waals surface area contributed by atoms with E-state index in [4.69, 9.17) is 23.2 Å². The Labute approximate surface area is 121 Å². The summed E-state index contributed by atoms with van der Waals surface area (Å²) in [6.45, 7) is 6.05. The molecule has 6 heteroatoms. The lowest BCUT2D eigenvalue weighted by atomic mass is 10.2. The van der Waals surface area contributed by atoms with Gasteiger partial charge in [0, 0.05) is 5.56 Å². The molecule has 98 valence electrons. The molecule has 0 aromatic carbocycles. The quantitative estimate of drug-likeness (QED) is 0.869. The maximum absolute atomic E-state index is 6.11. The van der Waals surface area contributed by atoms with Crippen LogP contribution in [0.15, 0.2) is 12.3 Å². The number of aromatic nitrogens is 2. The highest BCUT2D eigenvalue weighted by atomic mass is 35.5. The fourth-order valence-corrected chi connectivity index (χ4v) is 3.08. The highest BCUT2D eigenvalue weighted by Crippen LogP contribution is 2.37. The Hall–Kier alpha value is -0.550. The van der Waals surface area contributed by atoms with Crippen LogP contribution in [0.4, 0.5) is 0 Å². The predicted molar refractivity (Wildman–Crippen MR) is 78.5 cm³/mol. The summed E-state index contributed by atoms with van der Waals surface area (Å²) in [7, 11) is 0. The molecule has 2 N–H and O–H groups in total. The van der Waals surface area contributed by atoms with Gasteiger partial charge in [0.15, 0.2) is 0 Å². The zero-order valence-electron chi connectivity index (χ0n) is 10.3. The van der Waals surface area contributed by atoms with Crippen molar-refractivity contribution < 1.29 is 0 Å². The van der Waals surface area contributed by atoms with E-state index in [1.807, 2.05) is 6.07 Å². The van der Waals surface area contributed by atoms with Gasteiger partial charge < -0.3 is 10.3 Å². The number of rotatable bonds is 5. The van der Waals surface area contributed by atoms with Crippen LogP contribution in [0.25, 0.3) is 11.3 Å². The van der Waals surface area contributed by atoms with Gasteiger partial charge in [-0.05, 0) is 18.5 Å². The highest BCUT2D eigenvalue weighted by molar-refractivity contribution is 7.20. The molecule has 0 saturated heterocycles. The van der Waals surface area contributed by atoms with Gasteiger partial charge in [0.2, 0.25) is 0 Å². The maximum Gasteiger partial charge on any atom is 0.120 e. The summed E-state index contributed by atoms with van der Waals surface area (Å²) >= 11 is 13.4. The molecule has 0 bridgehead atoms. The third kappa shape index (κ3) is 3.48. The predicted octanol–water partition coefficient (Wildman–Crippen LogP) is 4.19. The second kappa shape index (κ2) is 6.06. The molecule has 2 aromatic rings. The molecule has 0 spiro atoms. The molecular formula is C12H15Cl2N3S. The lowest BCUT2D eigenvalue weighted by molar-refractivity contribution is 0.545. The monoisotopic (exact) mass is 303 g/mol. The van der Waals surface area contributed by atoms with Gasteiger partial charge in [-0.1, -0.05) is 37.0 Å². The summed E-state index contributed by atoms with van der Waals surface area (Å²) in [5.41, 5.74) is 1.82. The summed E-state index contributed by atoms with van der Waals surface area (Å²) in [6, 6.07) is 1.85. The Morgan fingerprint density at radius 1 is 1.44 bits per heavy atom. The van der Waals surface area contributed by atoms with Gasteiger partial charge in [0.05, 0.1) is 22.8 Å². The first kappa shape index (κ1) is 13.9. The molecule has 18 heavy (non-hydrogen) atoms. The molecule has 2 heterocycles. The topological polar surface area (TPSA) is 40.7 Å². The SMILES string of the molecule is CC(C)CNCc1ncc(-c2cc(Cl)sc2Cl)[nH]1. The molecule has 0 aliphatic heterocycles. The Morgan fingerprint density at radius 2 is 2.22 bits per heavy atom. The number of H-pyrrole nitrogens is 1. The van der Waals surface area contributed by atoms with Crippen molar-refractivity contribution in [3.63, 3.8) is 0 Å². The van der Waals surface area contributed by atoms with Crippen LogP contribution in [-0.4, -0.2) is 16.5 Å². The van der Waals surface area contributed by atoms with Gasteiger partial charge >= 0.3 is 0 Å². The highest BCUT2D eigenvalue weighted by Gasteiger charge is 2.10. The molecule has 2 rings (SSSR count). The van der Waals surface area contributed by atoms with E-state index in [0.29, 0.717) is 14.6 Å². The number of hydrogen-bond acceptors (Lipinski definition) is 3. The largest absolute Gasteiger partial charge is 0.341 e. The van der Waals surface area contributed by atoms with Crippen molar-refractivity contribution >= 4 is 34.5 Å². The minimum absolute atomic E-state index is 0.629. The molecule has 0 fully saturated rings. The van der Waals surface area contributed by atoms with Crippen molar-refractivity contribution in [2.24, 2.45) is 5.92 Å². The molecule has 0 aliphatic rings. The van der Waals surface area contributed by atoms with Gasteiger partial charge in [-0.25, -0.2) is 4.98 Å². The van der Waals surface area contributed by atoms with Crippen LogP contribution < -0.4 is 5.32 Å². The summed E-state index contributed by atoms with van der Waals surface area (Å²) in [5, 5.41) is 3.34. The fraction of sp³-hybridized carbons (Fsp3) is 0.417. The zero-order valence-corrected chi connectivity index (χ0v) is 12.6. The van der Waals surface area contributed by atoms with Gasteiger partial charge in [-0.15, -0.1) is 11.3 Å². The second-order valence-corrected chi connectivity index (χ2v) is 6.79. The van der Waals surface area contributed by atoms with Crippen LogP contribution in [0.5, 0.6) is 0 Å². The molecule has 0 amide bonds. The number of thiophene rings is 1. The van der Waals surface area contributed by atoms with E-state index in [1.54, 1.807) is 6.20 Å². The molecule has 0 aliphatic carbocycles. The molecule has 3 nitrogen and oxygen atoms in total. The summed E-state index contributed by atoms with van der Waals surface area (Å²) in [5.74, 6) is 1.54. The van der Waals surface area contributed by atoms with Crippen molar-refractivity contribution in [1.82, 2.24) is 15.3 Å². The smallest absolute Gasteiger partial charge is 0.120 e. The first-order valence-electron chi connectivity index (χ1n) is 5.76. The third-order valence-corrected chi connectivity index (χ3v) is 3.91. The first-order valence-corrected chi connectivity index (χ1v) is 7.33. The number of hydrogen-bond donors (Lipinski definition) is 2. The van der Waals surface area contributed by atoms with Gasteiger partial charge in [-0.3, -0.25) is 0 Å². The third-order valence-electron chi connectivity index (χ3n) is 2.42. The molecular weight excluding hydrogens is 289 g/mol. The van der Waals surface area contributed by atoms with E-state index in [2.05, 4.69) is 29.1 Å². The Balaban J connectivity index is 2.04. The second-order valence-electron chi connectivity index (χ2n) is 4.51. The minimum atomic E-state index is 0.629. The number of nitrogens with one attached hydrogen (secondary N) is 2. The lowest BCUT2D eigenvalue weighted by Crippen LogP contribution is -2.19. The van der Waals surface area contributed by atoms with Crippen LogP contribution in [0.1, 0.15) is 19.7 Å². The summed E-state index contributed by atoms with van der Waals surface area (Å²) < 4.78 is 1.37. The number of halogens is 2. The van der Waals surface area contributed by atoms with Crippen molar-refractivity contribution in [2.75, 3.05) is 6.54 Å². The van der Waals surface area contributed by atoms with Gasteiger partial charge in [-0.2, -0.15) is 0 Å².